The van der Waals surface area contributed by atoms with E-state index in [2.05, 4.69) is 11.2 Å². The van der Waals surface area contributed by atoms with Crippen LogP contribution in [-0.2, 0) is 14.3 Å². The zero-order valence-electron chi connectivity index (χ0n) is 8.66. The van der Waals surface area contributed by atoms with Crippen molar-refractivity contribution in [3.8, 4) is 12.3 Å². The Morgan fingerprint density at radius 1 is 1.60 bits per heavy atom. The average molecular weight is 213 g/mol. The number of carbonyl (C=O) groups is 2. The van der Waals surface area contributed by atoms with Gasteiger partial charge in [-0.3, -0.25) is 4.79 Å². The molecular formula is C10H15NO4. The maximum absolute atomic E-state index is 11.2. The Kier molecular flexibility index (Phi) is 7.02. The summed E-state index contributed by atoms with van der Waals surface area (Å²) in [7, 11) is 1.47. The van der Waals surface area contributed by atoms with Gasteiger partial charge in [-0.1, -0.05) is 0 Å². The number of hydrogen-bond acceptors (Lipinski definition) is 3. The number of hydrogen-bond donors (Lipinski definition) is 2. The van der Waals surface area contributed by atoms with Crippen LogP contribution >= 0.6 is 0 Å². The van der Waals surface area contributed by atoms with E-state index in [4.69, 9.17) is 16.3 Å². The molecule has 0 aliphatic carbocycles. The van der Waals surface area contributed by atoms with Crippen LogP contribution in [0.2, 0.25) is 0 Å². The van der Waals surface area contributed by atoms with Crippen molar-refractivity contribution in [3.63, 3.8) is 0 Å². The second kappa shape index (κ2) is 7.83. The fourth-order valence-electron chi connectivity index (χ4n) is 0.945. The van der Waals surface area contributed by atoms with Crippen LogP contribution in [0, 0.1) is 12.3 Å². The highest BCUT2D eigenvalue weighted by Crippen LogP contribution is 1.95. The van der Waals surface area contributed by atoms with Crippen LogP contribution in [0.3, 0.4) is 0 Å². The molecular weight excluding hydrogens is 198 g/mol. The molecule has 2 N–H and O–H groups in total. The maximum atomic E-state index is 11.2. The van der Waals surface area contributed by atoms with Crippen LogP contribution in [0.1, 0.15) is 19.3 Å². The Morgan fingerprint density at radius 2 is 2.27 bits per heavy atom. The summed E-state index contributed by atoms with van der Waals surface area (Å²) in [5.41, 5.74) is 0. The van der Waals surface area contributed by atoms with Gasteiger partial charge in [0.25, 0.3) is 0 Å². The van der Waals surface area contributed by atoms with Crippen molar-refractivity contribution in [1.82, 2.24) is 5.32 Å². The summed E-state index contributed by atoms with van der Waals surface area (Å²) in [6, 6.07) is -0.907. The number of ether oxygens (including phenoxy) is 1. The highest BCUT2D eigenvalue weighted by molar-refractivity contribution is 5.83. The lowest BCUT2D eigenvalue weighted by Crippen LogP contribution is -2.41. The number of terminal acetylenes is 1. The lowest BCUT2D eigenvalue weighted by Gasteiger charge is -2.13. The Bertz CT molecular complexity index is 257. The van der Waals surface area contributed by atoms with Gasteiger partial charge in [0.05, 0.1) is 0 Å². The monoisotopic (exact) mass is 213 g/mol. The second-order valence-electron chi connectivity index (χ2n) is 2.94. The van der Waals surface area contributed by atoms with Crippen molar-refractivity contribution in [2.24, 2.45) is 0 Å². The highest BCUT2D eigenvalue weighted by atomic mass is 16.5. The second-order valence-corrected chi connectivity index (χ2v) is 2.94. The van der Waals surface area contributed by atoms with Gasteiger partial charge in [-0.05, 0) is 0 Å². The molecule has 1 amide bonds. The van der Waals surface area contributed by atoms with E-state index < -0.39 is 12.0 Å². The number of carboxylic acids is 1. The molecule has 0 rings (SSSR count). The molecule has 0 saturated heterocycles. The molecule has 5 nitrogen and oxygen atoms in total. The van der Waals surface area contributed by atoms with Gasteiger partial charge >= 0.3 is 5.97 Å². The predicted molar refractivity (Wildman–Crippen MR) is 54.1 cm³/mol. The topological polar surface area (TPSA) is 75.6 Å². The van der Waals surface area contributed by atoms with Crippen molar-refractivity contribution in [2.45, 2.75) is 25.3 Å². The molecule has 0 bridgehead atoms. The smallest absolute Gasteiger partial charge is 0.326 e. The first-order valence-corrected chi connectivity index (χ1v) is 4.56. The first-order chi connectivity index (χ1) is 7.11. The molecule has 0 heterocycles. The SMILES string of the molecule is C#CCCC(=O)NC(CCOC)C(=O)O. The normalized spacial score (nSPS) is 11.5. The summed E-state index contributed by atoms with van der Waals surface area (Å²) in [4.78, 5) is 21.9. The lowest BCUT2D eigenvalue weighted by atomic mass is 10.2. The van der Waals surface area contributed by atoms with Gasteiger partial charge in [0.2, 0.25) is 5.91 Å². The molecule has 0 aromatic heterocycles. The van der Waals surface area contributed by atoms with Crippen LogP contribution in [0.15, 0.2) is 0 Å². The van der Waals surface area contributed by atoms with E-state index in [1.54, 1.807) is 0 Å². The Labute approximate surface area is 88.8 Å². The van der Waals surface area contributed by atoms with E-state index in [1.807, 2.05) is 0 Å². The van der Waals surface area contributed by atoms with E-state index in [-0.39, 0.29) is 25.4 Å². The first kappa shape index (κ1) is 13.5. The zero-order chi connectivity index (χ0) is 11.7. The minimum absolute atomic E-state index is 0.146. The Morgan fingerprint density at radius 3 is 2.73 bits per heavy atom. The maximum Gasteiger partial charge on any atom is 0.326 e. The number of carboxylic acid groups (broad SMARTS) is 1. The summed E-state index contributed by atoms with van der Waals surface area (Å²) in [5.74, 6) is 0.892. The van der Waals surface area contributed by atoms with E-state index in [1.165, 1.54) is 7.11 Å². The third-order valence-electron chi connectivity index (χ3n) is 1.74. The third kappa shape index (κ3) is 6.52. The molecule has 0 saturated carbocycles. The fourth-order valence-corrected chi connectivity index (χ4v) is 0.945. The highest BCUT2D eigenvalue weighted by Gasteiger charge is 2.18. The molecule has 5 heteroatoms. The summed E-state index contributed by atoms with van der Waals surface area (Å²) in [6.07, 6.45) is 5.68. The molecule has 84 valence electrons. The first-order valence-electron chi connectivity index (χ1n) is 4.56. The molecule has 0 aromatic carbocycles. The number of nitrogens with one attached hydrogen (secondary N) is 1. The van der Waals surface area contributed by atoms with E-state index in [0.29, 0.717) is 6.42 Å². The molecule has 0 spiro atoms. The predicted octanol–water partition coefficient (Wildman–Crippen LogP) is 0.00570. The van der Waals surface area contributed by atoms with Gasteiger partial charge in [-0.2, -0.15) is 0 Å². The third-order valence-corrected chi connectivity index (χ3v) is 1.74. The molecule has 0 aliphatic rings. The number of carbonyl (C=O) groups excluding carboxylic acids is 1. The summed E-state index contributed by atoms with van der Waals surface area (Å²) >= 11 is 0. The van der Waals surface area contributed by atoms with Crippen molar-refractivity contribution >= 4 is 11.9 Å². The minimum atomic E-state index is -1.07. The molecule has 1 atom stereocenters. The van der Waals surface area contributed by atoms with E-state index in [0.717, 1.165) is 0 Å². The Balaban J connectivity index is 3.99. The molecule has 1 unspecified atom stereocenters. The van der Waals surface area contributed by atoms with Gasteiger partial charge in [-0.15, -0.1) is 12.3 Å². The van der Waals surface area contributed by atoms with Crippen molar-refractivity contribution in [1.29, 1.82) is 0 Å². The number of aliphatic carboxylic acids is 1. The largest absolute Gasteiger partial charge is 0.480 e. The van der Waals surface area contributed by atoms with Crippen molar-refractivity contribution in [2.75, 3.05) is 13.7 Å². The van der Waals surface area contributed by atoms with Crippen molar-refractivity contribution in [3.05, 3.63) is 0 Å². The number of methoxy groups -OCH3 is 1. The quantitative estimate of drug-likeness (QED) is 0.584. The fraction of sp³-hybridized carbons (Fsp3) is 0.600. The summed E-state index contributed by atoms with van der Waals surface area (Å²) < 4.78 is 4.74. The van der Waals surface area contributed by atoms with Crippen LogP contribution in [0.5, 0.6) is 0 Å². The summed E-state index contributed by atoms with van der Waals surface area (Å²) in [5, 5.41) is 11.1. The number of rotatable bonds is 7. The number of amides is 1. The molecule has 0 aliphatic heterocycles. The summed E-state index contributed by atoms with van der Waals surface area (Å²) in [6.45, 7) is 0.284. The van der Waals surface area contributed by atoms with Gasteiger partial charge in [0.1, 0.15) is 6.04 Å². The standard InChI is InChI=1S/C10H15NO4/c1-3-4-5-9(12)11-8(10(13)14)6-7-15-2/h1,8H,4-7H2,2H3,(H,11,12)(H,13,14). The van der Waals surface area contributed by atoms with Gasteiger partial charge in [0, 0.05) is 33.0 Å². The average Bonchev–Trinajstić information content (AvgIpc) is 2.20. The van der Waals surface area contributed by atoms with Gasteiger partial charge in [0.15, 0.2) is 0 Å². The van der Waals surface area contributed by atoms with E-state index >= 15 is 0 Å². The van der Waals surface area contributed by atoms with Crippen LogP contribution in [0.25, 0.3) is 0 Å². The minimum Gasteiger partial charge on any atom is -0.480 e. The molecule has 15 heavy (non-hydrogen) atoms. The van der Waals surface area contributed by atoms with Gasteiger partial charge < -0.3 is 15.2 Å². The van der Waals surface area contributed by atoms with Gasteiger partial charge in [-0.25, -0.2) is 4.79 Å². The van der Waals surface area contributed by atoms with Crippen LogP contribution < -0.4 is 5.32 Å². The van der Waals surface area contributed by atoms with Crippen LogP contribution in [-0.4, -0.2) is 36.7 Å². The van der Waals surface area contributed by atoms with Crippen molar-refractivity contribution < 1.29 is 19.4 Å². The Hall–Kier alpha value is -1.54. The molecule has 0 aromatic rings. The molecule has 0 radical (unpaired) electrons. The zero-order valence-corrected chi connectivity index (χ0v) is 8.66. The van der Waals surface area contributed by atoms with E-state index in [9.17, 15) is 9.59 Å². The molecule has 0 fully saturated rings. The van der Waals surface area contributed by atoms with Crippen LogP contribution in [0.4, 0.5) is 0 Å². The lowest BCUT2D eigenvalue weighted by molar-refractivity contribution is -0.142.